The maximum atomic E-state index is 14.2. The van der Waals surface area contributed by atoms with Gasteiger partial charge in [0.15, 0.2) is 11.6 Å². The Bertz CT molecular complexity index is 635. The van der Waals surface area contributed by atoms with Crippen molar-refractivity contribution in [2.45, 2.75) is 26.8 Å². The summed E-state index contributed by atoms with van der Waals surface area (Å²) in [7, 11) is 1.75. The molecule has 1 nitrogen and oxygen atoms in total. The predicted molar refractivity (Wildman–Crippen MR) is 77.9 cm³/mol. The number of nitrogens with one attached hydrogen (secondary N) is 1. The maximum absolute atomic E-state index is 14.2. The van der Waals surface area contributed by atoms with Crippen LogP contribution in [0.5, 0.6) is 0 Å². The molecule has 1 N–H and O–H groups in total. The molecule has 3 heteroatoms. The zero-order chi connectivity index (χ0) is 14.9. The zero-order valence-electron chi connectivity index (χ0n) is 12.2. The van der Waals surface area contributed by atoms with Gasteiger partial charge in [-0.15, -0.1) is 0 Å². The summed E-state index contributed by atoms with van der Waals surface area (Å²) < 4.78 is 28.0. The van der Waals surface area contributed by atoms with Gasteiger partial charge in [-0.25, -0.2) is 8.78 Å². The fourth-order valence-corrected chi connectivity index (χ4v) is 2.45. The lowest BCUT2D eigenvalue weighted by Gasteiger charge is -2.21. The second-order valence-corrected chi connectivity index (χ2v) is 5.11. The molecule has 0 spiro atoms. The Morgan fingerprint density at radius 1 is 0.850 bits per heavy atom. The van der Waals surface area contributed by atoms with E-state index in [2.05, 4.69) is 5.32 Å². The van der Waals surface area contributed by atoms with Crippen LogP contribution >= 0.6 is 0 Å². The Hall–Kier alpha value is -1.74. The second kappa shape index (κ2) is 5.71. The molecule has 0 heterocycles. The number of hydrogen-bond acceptors (Lipinski definition) is 1. The van der Waals surface area contributed by atoms with Gasteiger partial charge in [-0.3, -0.25) is 0 Å². The largest absolute Gasteiger partial charge is 0.309 e. The number of aryl methyl sites for hydroxylation is 2. The quantitative estimate of drug-likeness (QED) is 0.885. The van der Waals surface area contributed by atoms with Crippen LogP contribution in [0.1, 0.15) is 33.9 Å². The van der Waals surface area contributed by atoms with Crippen molar-refractivity contribution in [2.24, 2.45) is 0 Å². The van der Waals surface area contributed by atoms with Crippen molar-refractivity contribution < 1.29 is 8.78 Å². The minimum Gasteiger partial charge on any atom is -0.309 e. The van der Waals surface area contributed by atoms with Gasteiger partial charge in [0, 0.05) is 5.56 Å². The van der Waals surface area contributed by atoms with Crippen molar-refractivity contribution in [3.63, 3.8) is 0 Å². The molecule has 1 unspecified atom stereocenters. The first-order valence-electron chi connectivity index (χ1n) is 6.65. The molecule has 20 heavy (non-hydrogen) atoms. The molecule has 0 aliphatic carbocycles. The van der Waals surface area contributed by atoms with Crippen molar-refractivity contribution in [3.8, 4) is 0 Å². The third-order valence-corrected chi connectivity index (χ3v) is 3.86. The van der Waals surface area contributed by atoms with Crippen LogP contribution in [-0.2, 0) is 0 Å². The standard InChI is InChI=1S/C17H19F2N/c1-10-6-5-7-13(12(10)3)17(20-4)14-9-8-11(2)15(18)16(14)19/h5-9,17,20H,1-4H3. The highest BCUT2D eigenvalue weighted by atomic mass is 19.2. The van der Waals surface area contributed by atoms with Gasteiger partial charge in [0.2, 0.25) is 0 Å². The molecule has 0 bridgehead atoms. The molecule has 0 aliphatic rings. The average molecular weight is 275 g/mol. The third kappa shape index (κ3) is 2.46. The summed E-state index contributed by atoms with van der Waals surface area (Å²) in [5.74, 6) is -1.54. The first-order chi connectivity index (χ1) is 9.47. The van der Waals surface area contributed by atoms with Gasteiger partial charge < -0.3 is 5.32 Å². The molecule has 2 aromatic rings. The van der Waals surface area contributed by atoms with Gasteiger partial charge in [0.1, 0.15) is 0 Å². The molecule has 0 amide bonds. The van der Waals surface area contributed by atoms with Gasteiger partial charge in [0.25, 0.3) is 0 Å². The Balaban J connectivity index is 2.59. The highest BCUT2D eigenvalue weighted by molar-refractivity contribution is 5.41. The van der Waals surface area contributed by atoms with Crippen LogP contribution in [0.4, 0.5) is 8.78 Å². The first kappa shape index (κ1) is 14.7. The van der Waals surface area contributed by atoms with Crippen molar-refractivity contribution in [1.82, 2.24) is 5.32 Å². The van der Waals surface area contributed by atoms with Crippen molar-refractivity contribution >= 4 is 0 Å². The second-order valence-electron chi connectivity index (χ2n) is 5.11. The molecule has 2 aromatic carbocycles. The highest BCUT2D eigenvalue weighted by Gasteiger charge is 2.21. The molecule has 0 radical (unpaired) electrons. The van der Waals surface area contributed by atoms with Crippen molar-refractivity contribution in [3.05, 3.63) is 69.8 Å². The van der Waals surface area contributed by atoms with Gasteiger partial charge in [-0.2, -0.15) is 0 Å². The lowest BCUT2D eigenvalue weighted by atomic mass is 9.92. The van der Waals surface area contributed by atoms with Crippen LogP contribution < -0.4 is 5.32 Å². The monoisotopic (exact) mass is 275 g/mol. The number of benzene rings is 2. The Morgan fingerprint density at radius 2 is 1.55 bits per heavy atom. The van der Waals surface area contributed by atoms with E-state index in [1.807, 2.05) is 32.0 Å². The van der Waals surface area contributed by atoms with Gasteiger partial charge in [-0.1, -0.05) is 30.3 Å². The Morgan fingerprint density at radius 3 is 2.20 bits per heavy atom. The number of halogens is 2. The molecule has 0 fully saturated rings. The minimum atomic E-state index is -0.773. The van der Waals surface area contributed by atoms with Crippen LogP contribution in [0.3, 0.4) is 0 Å². The van der Waals surface area contributed by atoms with E-state index in [-0.39, 0.29) is 6.04 Å². The smallest absolute Gasteiger partial charge is 0.164 e. The zero-order valence-corrected chi connectivity index (χ0v) is 12.2. The topological polar surface area (TPSA) is 12.0 Å². The van der Waals surface area contributed by atoms with E-state index in [0.29, 0.717) is 11.1 Å². The van der Waals surface area contributed by atoms with Crippen LogP contribution in [0.2, 0.25) is 0 Å². The van der Waals surface area contributed by atoms with Gasteiger partial charge in [-0.05, 0) is 50.1 Å². The summed E-state index contributed by atoms with van der Waals surface area (Å²) in [5, 5.41) is 3.08. The molecule has 0 saturated heterocycles. The Labute approximate surface area is 118 Å². The summed E-state index contributed by atoms with van der Waals surface area (Å²) in [4.78, 5) is 0. The Kier molecular flexibility index (Phi) is 4.19. The highest BCUT2D eigenvalue weighted by Crippen LogP contribution is 2.29. The van der Waals surface area contributed by atoms with Crippen molar-refractivity contribution in [2.75, 3.05) is 7.05 Å². The van der Waals surface area contributed by atoms with E-state index in [4.69, 9.17) is 0 Å². The average Bonchev–Trinajstić information content (AvgIpc) is 2.44. The summed E-state index contributed by atoms with van der Waals surface area (Å²) in [6.07, 6.45) is 0. The lowest BCUT2D eigenvalue weighted by molar-refractivity contribution is 0.482. The molecule has 0 aromatic heterocycles. The summed E-state index contributed by atoms with van der Waals surface area (Å²) in [5.41, 5.74) is 3.85. The predicted octanol–water partition coefficient (Wildman–Crippen LogP) is 4.20. The molecular weight excluding hydrogens is 256 g/mol. The van der Waals surface area contributed by atoms with Gasteiger partial charge in [0.05, 0.1) is 6.04 Å². The summed E-state index contributed by atoms with van der Waals surface area (Å²) >= 11 is 0. The fourth-order valence-electron chi connectivity index (χ4n) is 2.45. The molecule has 1 atom stereocenters. The van der Waals surface area contributed by atoms with E-state index in [1.54, 1.807) is 26.1 Å². The first-order valence-corrected chi connectivity index (χ1v) is 6.65. The van der Waals surface area contributed by atoms with Crippen LogP contribution in [0.15, 0.2) is 30.3 Å². The molecular formula is C17H19F2N. The molecule has 0 saturated carbocycles. The maximum Gasteiger partial charge on any atom is 0.164 e. The van der Waals surface area contributed by atoms with Crippen LogP contribution in [0, 0.1) is 32.4 Å². The van der Waals surface area contributed by atoms with E-state index >= 15 is 0 Å². The molecule has 0 aliphatic heterocycles. The van der Waals surface area contributed by atoms with E-state index < -0.39 is 11.6 Å². The van der Waals surface area contributed by atoms with E-state index in [1.165, 1.54) is 0 Å². The summed E-state index contributed by atoms with van der Waals surface area (Å²) in [6, 6.07) is 8.80. The number of hydrogen-bond donors (Lipinski definition) is 1. The van der Waals surface area contributed by atoms with Crippen molar-refractivity contribution in [1.29, 1.82) is 0 Å². The summed E-state index contributed by atoms with van der Waals surface area (Å²) in [6.45, 7) is 5.57. The SMILES string of the molecule is CNC(c1cccc(C)c1C)c1ccc(C)c(F)c1F. The number of rotatable bonds is 3. The fraction of sp³-hybridized carbons (Fsp3) is 0.294. The third-order valence-electron chi connectivity index (χ3n) is 3.86. The minimum absolute atomic E-state index is 0.321. The molecule has 2 rings (SSSR count). The lowest BCUT2D eigenvalue weighted by Crippen LogP contribution is -2.21. The normalized spacial score (nSPS) is 12.5. The van der Waals surface area contributed by atoms with E-state index in [9.17, 15) is 8.78 Å². The van der Waals surface area contributed by atoms with Crippen LogP contribution in [-0.4, -0.2) is 7.05 Å². The van der Waals surface area contributed by atoms with Crippen LogP contribution in [0.25, 0.3) is 0 Å². The molecule has 106 valence electrons. The van der Waals surface area contributed by atoms with Gasteiger partial charge >= 0.3 is 0 Å². The van der Waals surface area contributed by atoms with E-state index in [0.717, 1.165) is 16.7 Å².